The van der Waals surface area contributed by atoms with E-state index in [2.05, 4.69) is 25.3 Å². The Hall–Kier alpha value is -2.89. The van der Waals surface area contributed by atoms with E-state index in [4.69, 9.17) is 11.5 Å². The molecule has 164 valence electrons. The lowest BCUT2D eigenvalue weighted by atomic mass is 9.87. The van der Waals surface area contributed by atoms with Crippen LogP contribution in [0.3, 0.4) is 0 Å². The van der Waals surface area contributed by atoms with Gasteiger partial charge in [0.25, 0.3) is 5.91 Å². The molecule has 1 fully saturated rings. The summed E-state index contributed by atoms with van der Waals surface area (Å²) in [6.07, 6.45) is 6.46. The van der Waals surface area contributed by atoms with Crippen molar-refractivity contribution in [1.82, 2.24) is 24.6 Å². The maximum absolute atomic E-state index is 13.4. The van der Waals surface area contributed by atoms with Crippen LogP contribution in [0.4, 0.5) is 15.9 Å². The van der Waals surface area contributed by atoms with Gasteiger partial charge in [0, 0.05) is 61.4 Å². The highest BCUT2D eigenvalue weighted by molar-refractivity contribution is 7.11. The molecule has 0 radical (unpaired) electrons. The van der Waals surface area contributed by atoms with E-state index < -0.39 is 17.4 Å². The van der Waals surface area contributed by atoms with Crippen molar-refractivity contribution >= 4 is 28.7 Å². The fourth-order valence-corrected chi connectivity index (χ4v) is 4.70. The molecule has 1 saturated heterocycles. The van der Waals surface area contributed by atoms with Gasteiger partial charge in [0.05, 0.1) is 10.5 Å². The number of aromatic nitrogens is 4. The van der Waals surface area contributed by atoms with E-state index >= 15 is 0 Å². The van der Waals surface area contributed by atoms with Crippen molar-refractivity contribution in [3.8, 4) is 0 Å². The summed E-state index contributed by atoms with van der Waals surface area (Å²) in [6, 6.07) is 2.81. The van der Waals surface area contributed by atoms with Crippen molar-refractivity contribution in [2.45, 2.75) is 31.8 Å². The fraction of sp³-hybridized carbons (Fsp3) is 0.400. The van der Waals surface area contributed by atoms with Crippen LogP contribution in [-0.4, -0.2) is 50.2 Å². The van der Waals surface area contributed by atoms with Gasteiger partial charge < -0.3 is 16.8 Å². The van der Waals surface area contributed by atoms with Crippen LogP contribution in [0.5, 0.6) is 0 Å². The SMILES string of the molecule is Cc1ncc(CN2CCC(CN)(n3cc(C(N)=O)c(Nc4ccnc(F)c4)n3)CC2)s1. The molecule has 1 aliphatic heterocycles. The maximum atomic E-state index is 13.4. The zero-order valence-electron chi connectivity index (χ0n) is 17.2. The minimum absolute atomic E-state index is 0.229. The standard InChI is InChI=1S/C20H25FN8OS/c1-13-25-9-15(31-13)10-28-6-3-20(12-22,4-7-28)29-11-16(18(23)30)19(27-29)26-14-2-5-24-17(21)8-14/h2,5,8-9,11H,3-4,6-7,10,12,22H2,1H3,(H2,23,30)(H,24,26,27). The summed E-state index contributed by atoms with van der Waals surface area (Å²) >= 11 is 1.71. The molecule has 0 aromatic carbocycles. The van der Waals surface area contributed by atoms with Crippen molar-refractivity contribution in [3.05, 3.63) is 52.1 Å². The number of anilines is 2. The van der Waals surface area contributed by atoms with Gasteiger partial charge in [-0.2, -0.15) is 9.49 Å². The Balaban J connectivity index is 1.53. The van der Waals surface area contributed by atoms with E-state index in [1.165, 1.54) is 17.1 Å². The van der Waals surface area contributed by atoms with Crippen molar-refractivity contribution in [2.75, 3.05) is 25.0 Å². The zero-order chi connectivity index (χ0) is 22.0. The minimum atomic E-state index is -0.632. The third-order valence-electron chi connectivity index (χ3n) is 5.67. The first-order valence-electron chi connectivity index (χ1n) is 10.0. The molecule has 11 heteroatoms. The number of hydrogen-bond donors (Lipinski definition) is 3. The summed E-state index contributed by atoms with van der Waals surface area (Å²) < 4.78 is 15.2. The number of piperidine rings is 1. The largest absolute Gasteiger partial charge is 0.365 e. The first-order valence-corrected chi connectivity index (χ1v) is 10.8. The lowest BCUT2D eigenvalue weighted by Crippen LogP contribution is -2.50. The summed E-state index contributed by atoms with van der Waals surface area (Å²) in [5, 5.41) is 8.62. The Kier molecular flexibility index (Phi) is 5.99. The molecule has 0 aliphatic carbocycles. The van der Waals surface area contributed by atoms with Crippen LogP contribution < -0.4 is 16.8 Å². The summed E-state index contributed by atoms with van der Waals surface area (Å²) in [5.74, 6) is -0.978. The monoisotopic (exact) mass is 444 g/mol. The van der Waals surface area contributed by atoms with Crippen LogP contribution in [0.25, 0.3) is 0 Å². The number of thiazole rings is 1. The molecule has 1 aliphatic rings. The summed E-state index contributed by atoms with van der Waals surface area (Å²) in [4.78, 5) is 23.5. The molecule has 31 heavy (non-hydrogen) atoms. The predicted octanol–water partition coefficient (Wildman–Crippen LogP) is 1.97. The Morgan fingerprint density at radius 1 is 1.35 bits per heavy atom. The molecule has 3 aromatic rings. The second kappa shape index (κ2) is 8.69. The quantitative estimate of drug-likeness (QED) is 0.475. The molecule has 9 nitrogen and oxygen atoms in total. The third-order valence-corrected chi connectivity index (χ3v) is 6.57. The van der Waals surface area contributed by atoms with Crippen LogP contribution in [0.15, 0.2) is 30.7 Å². The number of carbonyl (C=O) groups excluding carboxylic acids is 1. The highest BCUT2D eigenvalue weighted by Gasteiger charge is 2.37. The van der Waals surface area contributed by atoms with Crippen molar-refractivity contribution in [2.24, 2.45) is 11.5 Å². The van der Waals surface area contributed by atoms with E-state index in [0.717, 1.165) is 37.5 Å². The van der Waals surface area contributed by atoms with E-state index in [1.807, 2.05) is 13.1 Å². The zero-order valence-corrected chi connectivity index (χ0v) is 18.0. The predicted molar refractivity (Wildman–Crippen MR) is 117 cm³/mol. The number of primary amides is 1. The first-order chi connectivity index (χ1) is 14.9. The van der Waals surface area contributed by atoms with Crippen LogP contribution in [-0.2, 0) is 12.1 Å². The number of nitrogens with zero attached hydrogens (tertiary/aromatic N) is 5. The van der Waals surface area contributed by atoms with E-state index in [0.29, 0.717) is 12.2 Å². The number of amides is 1. The minimum Gasteiger partial charge on any atom is -0.365 e. The number of likely N-dealkylation sites (tertiary alicyclic amines) is 1. The van der Waals surface area contributed by atoms with E-state index in [1.54, 1.807) is 28.3 Å². The van der Waals surface area contributed by atoms with E-state index in [9.17, 15) is 9.18 Å². The van der Waals surface area contributed by atoms with Gasteiger partial charge in [-0.05, 0) is 25.8 Å². The van der Waals surface area contributed by atoms with Gasteiger partial charge in [-0.3, -0.25) is 14.4 Å². The summed E-state index contributed by atoms with van der Waals surface area (Å²) in [7, 11) is 0. The number of pyridine rings is 1. The summed E-state index contributed by atoms with van der Waals surface area (Å²) in [5.41, 5.74) is 12.0. The molecular formula is C20H25FN8OS. The molecule has 0 atom stereocenters. The normalized spacial score (nSPS) is 16.4. The number of nitrogens with two attached hydrogens (primary N) is 2. The van der Waals surface area contributed by atoms with E-state index in [-0.39, 0.29) is 11.4 Å². The highest BCUT2D eigenvalue weighted by atomic mass is 32.1. The van der Waals surface area contributed by atoms with Gasteiger partial charge in [0.1, 0.15) is 5.56 Å². The van der Waals surface area contributed by atoms with Gasteiger partial charge in [-0.15, -0.1) is 11.3 Å². The number of aryl methyl sites for hydroxylation is 1. The molecule has 4 heterocycles. The smallest absolute Gasteiger partial charge is 0.254 e. The Morgan fingerprint density at radius 2 is 2.13 bits per heavy atom. The average Bonchev–Trinajstić information content (AvgIpc) is 3.35. The highest BCUT2D eigenvalue weighted by Crippen LogP contribution is 2.32. The molecule has 5 N–H and O–H groups in total. The van der Waals surface area contributed by atoms with Crippen LogP contribution >= 0.6 is 11.3 Å². The number of nitrogens with one attached hydrogen (secondary N) is 1. The molecular weight excluding hydrogens is 419 g/mol. The Morgan fingerprint density at radius 3 is 2.74 bits per heavy atom. The van der Waals surface area contributed by atoms with Crippen LogP contribution in [0.1, 0.15) is 33.1 Å². The molecule has 3 aromatic heterocycles. The number of halogens is 1. The van der Waals surface area contributed by atoms with Crippen LogP contribution in [0.2, 0.25) is 0 Å². The molecule has 4 rings (SSSR count). The van der Waals surface area contributed by atoms with Gasteiger partial charge in [0.15, 0.2) is 5.82 Å². The van der Waals surface area contributed by atoms with Gasteiger partial charge in [0.2, 0.25) is 5.95 Å². The lowest BCUT2D eigenvalue weighted by Gasteiger charge is -2.41. The van der Waals surface area contributed by atoms with Crippen LogP contribution in [0, 0.1) is 12.9 Å². The number of carbonyl (C=O) groups is 1. The van der Waals surface area contributed by atoms with Crippen molar-refractivity contribution < 1.29 is 9.18 Å². The van der Waals surface area contributed by atoms with Crippen molar-refractivity contribution in [1.29, 1.82) is 0 Å². The molecule has 0 spiro atoms. The summed E-state index contributed by atoms with van der Waals surface area (Å²) in [6.45, 7) is 4.93. The average molecular weight is 445 g/mol. The molecule has 1 amide bonds. The Bertz CT molecular complexity index is 1070. The Labute approximate surface area is 183 Å². The fourth-order valence-electron chi connectivity index (χ4n) is 3.86. The third kappa shape index (κ3) is 4.58. The maximum Gasteiger partial charge on any atom is 0.254 e. The van der Waals surface area contributed by atoms with Crippen molar-refractivity contribution in [3.63, 3.8) is 0 Å². The molecule has 0 unspecified atom stereocenters. The van der Waals surface area contributed by atoms with Gasteiger partial charge in [-0.1, -0.05) is 0 Å². The second-order valence-electron chi connectivity index (χ2n) is 7.74. The first kappa shape index (κ1) is 21.3. The molecule has 0 bridgehead atoms. The second-order valence-corrected chi connectivity index (χ2v) is 9.06. The number of hydrogen-bond acceptors (Lipinski definition) is 8. The lowest BCUT2D eigenvalue weighted by molar-refractivity contribution is 0.0987. The van der Waals surface area contributed by atoms with Gasteiger partial charge >= 0.3 is 0 Å². The topological polar surface area (TPSA) is 128 Å². The number of rotatable bonds is 7. The van der Waals surface area contributed by atoms with Gasteiger partial charge in [-0.25, -0.2) is 9.97 Å². The molecule has 0 saturated carbocycles.